The van der Waals surface area contributed by atoms with Crippen molar-refractivity contribution in [2.75, 3.05) is 6.54 Å². The van der Waals surface area contributed by atoms with Crippen LogP contribution in [-0.2, 0) is 19.9 Å². The van der Waals surface area contributed by atoms with Gasteiger partial charge in [0.2, 0.25) is 0 Å². The van der Waals surface area contributed by atoms with Gasteiger partial charge >= 0.3 is 0 Å². The minimum Gasteiger partial charge on any atom is -0.351 e. The van der Waals surface area contributed by atoms with Gasteiger partial charge in [-0.3, -0.25) is 4.79 Å². The van der Waals surface area contributed by atoms with Crippen LogP contribution in [0.1, 0.15) is 41.5 Å². The van der Waals surface area contributed by atoms with Gasteiger partial charge in [0.1, 0.15) is 11.5 Å². The predicted molar refractivity (Wildman–Crippen MR) is 107 cm³/mol. The Balaban J connectivity index is 1.56. The number of fused-ring (bicyclic) bond motifs is 1. The molecule has 0 atom stereocenters. The fraction of sp³-hybridized carbons (Fsp3) is 0.421. The number of aromatic nitrogens is 3. The average molecular weight is 391 g/mol. The van der Waals surface area contributed by atoms with Crippen LogP contribution < -0.4 is 5.32 Å². The summed E-state index contributed by atoms with van der Waals surface area (Å²) in [6.07, 6.45) is 2.44. The van der Waals surface area contributed by atoms with E-state index < -0.39 is 0 Å². The summed E-state index contributed by atoms with van der Waals surface area (Å²) >= 11 is 7.40. The van der Waals surface area contributed by atoms with Crippen LogP contribution in [0.5, 0.6) is 0 Å². The van der Waals surface area contributed by atoms with Crippen LogP contribution in [0.3, 0.4) is 0 Å². The second-order valence-electron chi connectivity index (χ2n) is 6.77. The Labute approximate surface area is 162 Å². The summed E-state index contributed by atoms with van der Waals surface area (Å²) in [5, 5.41) is 2.96. The molecule has 138 valence electrons. The lowest BCUT2D eigenvalue weighted by atomic mass is 10.1. The lowest BCUT2D eigenvalue weighted by Gasteiger charge is -2.07. The fourth-order valence-electron chi connectivity index (χ4n) is 2.96. The van der Waals surface area contributed by atoms with Crippen molar-refractivity contribution in [3.8, 4) is 0 Å². The maximum absolute atomic E-state index is 12.4. The molecule has 7 heteroatoms. The van der Waals surface area contributed by atoms with Crippen LogP contribution in [-0.4, -0.2) is 27.0 Å². The maximum Gasteiger partial charge on any atom is 0.271 e. The molecule has 1 aromatic carbocycles. The number of thiazole rings is 1. The van der Waals surface area contributed by atoms with Crippen molar-refractivity contribution in [2.45, 2.75) is 33.1 Å². The summed E-state index contributed by atoms with van der Waals surface area (Å²) < 4.78 is 2.53. The van der Waals surface area contributed by atoms with Crippen LogP contribution in [0.15, 0.2) is 24.3 Å². The first kappa shape index (κ1) is 18.9. The van der Waals surface area contributed by atoms with E-state index in [4.69, 9.17) is 11.6 Å². The van der Waals surface area contributed by atoms with E-state index in [9.17, 15) is 4.79 Å². The van der Waals surface area contributed by atoms with E-state index in [1.54, 1.807) is 0 Å². The molecule has 2 aromatic heterocycles. The Bertz CT molecular complexity index is 916. The third-order valence-corrected chi connectivity index (χ3v) is 5.40. The normalized spacial score (nSPS) is 11.4. The SMILES string of the molecule is CC(C)Cc1sc(Cl)nc1C(=O)NCCCc1nc2ccccc2n1C. The number of para-hydroxylation sites is 2. The molecule has 0 unspecified atom stereocenters. The Hall–Kier alpha value is -1.92. The van der Waals surface area contributed by atoms with Crippen LogP contribution in [0.4, 0.5) is 0 Å². The van der Waals surface area contributed by atoms with Crippen molar-refractivity contribution < 1.29 is 4.79 Å². The number of carbonyl (C=O) groups excluding carboxylic acids is 1. The molecule has 0 aliphatic carbocycles. The lowest BCUT2D eigenvalue weighted by molar-refractivity contribution is 0.0948. The van der Waals surface area contributed by atoms with Crippen molar-refractivity contribution in [2.24, 2.45) is 13.0 Å². The molecule has 0 spiro atoms. The highest BCUT2D eigenvalue weighted by Crippen LogP contribution is 2.25. The Morgan fingerprint density at radius 2 is 2.08 bits per heavy atom. The maximum atomic E-state index is 12.4. The molecule has 0 saturated heterocycles. The van der Waals surface area contributed by atoms with E-state index in [1.165, 1.54) is 11.3 Å². The summed E-state index contributed by atoms with van der Waals surface area (Å²) in [6.45, 7) is 4.82. The summed E-state index contributed by atoms with van der Waals surface area (Å²) in [5.74, 6) is 1.34. The molecule has 5 nitrogen and oxygen atoms in total. The first-order valence-corrected chi connectivity index (χ1v) is 9.99. The van der Waals surface area contributed by atoms with Crippen molar-refractivity contribution in [3.63, 3.8) is 0 Å². The van der Waals surface area contributed by atoms with Crippen molar-refractivity contribution in [1.82, 2.24) is 19.9 Å². The van der Waals surface area contributed by atoms with E-state index in [0.29, 0.717) is 22.6 Å². The van der Waals surface area contributed by atoms with Gasteiger partial charge in [-0.1, -0.05) is 37.6 Å². The molecule has 2 heterocycles. The molecule has 0 bridgehead atoms. The van der Waals surface area contributed by atoms with Gasteiger partial charge in [-0.05, 0) is 30.9 Å². The zero-order valence-corrected chi connectivity index (χ0v) is 16.8. The Kier molecular flexibility index (Phi) is 5.94. The highest BCUT2D eigenvalue weighted by Gasteiger charge is 2.18. The number of imidazole rings is 1. The van der Waals surface area contributed by atoms with E-state index in [0.717, 1.165) is 41.0 Å². The summed E-state index contributed by atoms with van der Waals surface area (Å²) in [5.41, 5.74) is 2.60. The number of halogens is 1. The molecule has 1 amide bonds. The molecule has 0 fully saturated rings. The monoisotopic (exact) mass is 390 g/mol. The average Bonchev–Trinajstić information content (AvgIpc) is 3.11. The second kappa shape index (κ2) is 8.18. The third-order valence-electron chi connectivity index (χ3n) is 4.22. The number of hydrogen-bond donors (Lipinski definition) is 1. The molecular weight excluding hydrogens is 368 g/mol. The van der Waals surface area contributed by atoms with Gasteiger partial charge in [0, 0.05) is 24.9 Å². The molecule has 0 radical (unpaired) electrons. The van der Waals surface area contributed by atoms with Gasteiger partial charge in [-0.15, -0.1) is 11.3 Å². The minimum atomic E-state index is -0.145. The second-order valence-corrected chi connectivity index (χ2v) is 8.44. The number of rotatable bonds is 7. The van der Waals surface area contributed by atoms with Crippen molar-refractivity contribution in [3.05, 3.63) is 45.1 Å². The molecular formula is C19H23ClN4OS. The minimum absolute atomic E-state index is 0.145. The number of hydrogen-bond acceptors (Lipinski definition) is 4. The highest BCUT2D eigenvalue weighted by molar-refractivity contribution is 7.16. The van der Waals surface area contributed by atoms with Crippen molar-refractivity contribution >= 4 is 39.9 Å². The quantitative estimate of drug-likeness (QED) is 0.613. The number of nitrogens with one attached hydrogen (secondary N) is 1. The van der Waals surface area contributed by atoms with Gasteiger partial charge in [-0.25, -0.2) is 9.97 Å². The lowest BCUT2D eigenvalue weighted by Crippen LogP contribution is -2.26. The first-order valence-electron chi connectivity index (χ1n) is 8.79. The molecule has 3 aromatic rings. The fourth-order valence-corrected chi connectivity index (χ4v) is 4.32. The largest absolute Gasteiger partial charge is 0.351 e. The number of amides is 1. The summed E-state index contributed by atoms with van der Waals surface area (Å²) in [7, 11) is 2.03. The van der Waals surface area contributed by atoms with Gasteiger partial charge in [0.05, 0.1) is 11.0 Å². The van der Waals surface area contributed by atoms with Gasteiger partial charge in [0.15, 0.2) is 4.47 Å². The van der Waals surface area contributed by atoms with Crippen molar-refractivity contribution in [1.29, 1.82) is 0 Å². The molecule has 0 saturated carbocycles. The van der Waals surface area contributed by atoms with Gasteiger partial charge < -0.3 is 9.88 Å². The molecule has 1 N–H and O–H groups in total. The molecule has 0 aliphatic rings. The zero-order valence-electron chi connectivity index (χ0n) is 15.3. The number of benzene rings is 1. The number of nitrogens with zero attached hydrogens (tertiary/aromatic N) is 3. The topological polar surface area (TPSA) is 59.8 Å². The predicted octanol–water partition coefficient (Wildman–Crippen LogP) is 4.24. The zero-order chi connectivity index (χ0) is 18.7. The standard InChI is InChI=1S/C19H23ClN4OS/c1-12(2)11-15-17(23-19(20)26-15)18(25)21-10-6-9-16-22-13-7-4-5-8-14(13)24(16)3/h4-5,7-8,12H,6,9-11H2,1-3H3,(H,21,25). The molecule has 3 rings (SSSR count). The van der Waals surface area contributed by atoms with E-state index >= 15 is 0 Å². The van der Waals surface area contributed by atoms with Crippen LogP contribution >= 0.6 is 22.9 Å². The van der Waals surface area contributed by atoms with Gasteiger partial charge in [0.25, 0.3) is 5.91 Å². The van der Waals surface area contributed by atoms with Gasteiger partial charge in [-0.2, -0.15) is 0 Å². The van der Waals surface area contributed by atoms with E-state index in [2.05, 4.69) is 39.8 Å². The smallest absolute Gasteiger partial charge is 0.271 e. The van der Waals surface area contributed by atoms with Crippen LogP contribution in [0, 0.1) is 5.92 Å². The summed E-state index contributed by atoms with van der Waals surface area (Å²) in [6, 6.07) is 8.09. The summed E-state index contributed by atoms with van der Waals surface area (Å²) in [4.78, 5) is 22.2. The van der Waals surface area contributed by atoms with Crippen LogP contribution in [0.25, 0.3) is 11.0 Å². The number of aryl methyl sites for hydroxylation is 2. The molecule has 0 aliphatic heterocycles. The third kappa shape index (κ3) is 4.24. The molecule has 26 heavy (non-hydrogen) atoms. The Morgan fingerprint density at radius 1 is 1.31 bits per heavy atom. The van der Waals surface area contributed by atoms with Crippen LogP contribution in [0.2, 0.25) is 4.47 Å². The first-order chi connectivity index (χ1) is 12.5. The van der Waals surface area contributed by atoms with E-state index in [1.807, 2.05) is 25.2 Å². The Morgan fingerprint density at radius 3 is 2.81 bits per heavy atom. The highest BCUT2D eigenvalue weighted by atomic mass is 35.5. The number of carbonyl (C=O) groups is 1. The van der Waals surface area contributed by atoms with E-state index in [-0.39, 0.29) is 5.91 Å².